The number of nitrogens with one attached hydrogen (secondary N) is 1. The molecule has 1 saturated heterocycles. The van der Waals surface area contributed by atoms with E-state index in [9.17, 15) is 18.0 Å². The van der Waals surface area contributed by atoms with Crippen molar-refractivity contribution in [1.82, 2.24) is 20.1 Å². The number of aromatic nitrogens is 3. The second-order valence-electron chi connectivity index (χ2n) is 11.2. The van der Waals surface area contributed by atoms with E-state index < -0.39 is 16.1 Å². The van der Waals surface area contributed by atoms with E-state index in [1.165, 1.54) is 27.3 Å². The summed E-state index contributed by atoms with van der Waals surface area (Å²) in [5.74, 6) is -0.724. The van der Waals surface area contributed by atoms with Gasteiger partial charge in [0.25, 0.3) is 27.2 Å². The zero-order chi connectivity index (χ0) is 33.5. The highest BCUT2D eigenvalue weighted by Crippen LogP contribution is 2.31. The van der Waals surface area contributed by atoms with Crippen LogP contribution in [0.3, 0.4) is 0 Å². The van der Waals surface area contributed by atoms with E-state index in [0.717, 1.165) is 26.4 Å². The van der Waals surface area contributed by atoms with Crippen LogP contribution in [0.5, 0.6) is 0 Å². The summed E-state index contributed by atoms with van der Waals surface area (Å²) in [7, 11) is -2.56. The van der Waals surface area contributed by atoms with Crippen molar-refractivity contribution >= 4 is 66.4 Å². The number of anilines is 1. The second kappa shape index (κ2) is 12.8. The van der Waals surface area contributed by atoms with Gasteiger partial charge in [0.15, 0.2) is 5.11 Å². The lowest BCUT2D eigenvalue weighted by molar-refractivity contribution is -0.752. The Bertz CT molecular complexity index is 2190. The van der Waals surface area contributed by atoms with Gasteiger partial charge in [0.2, 0.25) is 5.91 Å². The molecule has 1 unspecified atom stereocenters. The van der Waals surface area contributed by atoms with Crippen LogP contribution >= 0.6 is 23.6 Å². The van der Waals surface area contributed by atoms with Crippen LogP contribution in [0.25, 0.3) is 20.8 Å². The van der Waals surface area contributed by atoms with E-state index in [0.29, 0.717) is 12.2 Å². The maximum absolute atomic E-state index is 13.4. The maximum atomic E-state index is 13.4. The minimum absolute atomic E-state index is 0.00474. The average molecular weight is 690 g/mol. The molecule has 1 N–H and O–H groups in total. The summed E-state index contributed by atoms with van der Waals surface area (Å²) in [6, 6.07) is 18.8. The van der Waals surface area contributed by atoms with Crippen LogP contribution in [0.2, 0.25) is 0 Å². The number of rotatable bonds is 9. The van der Waals surface area contributed by atoms with Crippen molar-refractivity contribution in [3.05, 3.63) is 89.1 Å². The molecule has 3 aromatic carbocycles. The minimum Gasteiger partial charge on any atom is -0.486 e. The summed E-state index contributed by atoms with van der Waals surface area (Å²) in [6.45, 7) is 5.91. The summed E-state index contributed by atoms with van der Waals surface area (Å²) in [4.78, 5) is 34.4. The number of carbonyl (C=O) groups is 2. The van der Waals surface area contributed by atoms with Gasteiger partial charge < -0.3 is 14.7 Å². The summed E-state index contributed by atoms with van der Waals surface area (Å²) in [6.07, 6.45) is -0.197. The maximum Gasteiger partial charge on any atom is 0.289 e. The predicted molar refractivity (Wildman–Crippen MR) is 179 cm³/mol. The van der Waals surface area contributed by atoms with Crippen molar-refractivity contribution in [3.63, 3.8) is 0 Å². The van der Waals surface area contributed by atoms with E-state index in [1.54, 1.807) is 54.5 Å². The Morgan fingerprint density at radius 2 is 1.81 bits per heavy atom. The molecular formula is C32H31N7O5S3. The van der Waals surface area contributed by atoms with Crippen LogP contribution in [0.4, 0.5) is 5.69 Å². The zero-order valence-electron chi connectivity index (χ0n) is 26.0. The number of carbonyl (C=O) groups excluding carboxylic acids is 2. The Morgan fingerprint density at radius 3 is 2.51 bits per heavy atom. The van der Waals surface area contributed by atoms with Crippen molar-refractivity contribution in [2.75, 3.05) is 11.9 Å². The van der Waals surface area contributed by atoms with Gasteiger partial charge in [-0.05, 0) is 87.1 Å². The van der Waals surface area contributed by atoms with Crippen LogP contribution in [-0.4, -0.2) is 52.7 Å². The molecular weight excluding hydrogens is 659 g/mol. The first-order valence-electron chi connectivity index (χ1n) is 14.7. The third kappa shape index (κ3) is 6.59. The van der Waals surface area contributed by atoms with Crippen molar-refractivity contribution in [2.24, 2.45) is 11.4 Å². The molecule has 1 aliphatic heterocycles. The van der Waals surface area contributed by atoms with Gasteiger partial charge in [-0.2, -0.15) is 8.42 Å². The molecule has 242 valence electrons. The van der Waals surface area contributed by atoms with E-state index in [1.807, 2.05) is 38.1 Å². The van der Waals surface area contributed by atoms with Gasteiger partial charge in [0, 0.05) is 17.8 Å². The highest BCUT2D eigenvalue weighted by molar-refractivity contribution is 7.90. The number of sulfonamides is 1. The van der Waals surface area contributed by atoms with Crippen molar-refractivity contribution in [3.8, 4) is 10.6 Å². The standard InChI is InChI=1S/C32H31N7O5S3/c1-5-38-31(41)25(17-28(40)33-22-11-9-21(10-12-22)30-34-24-15-8-20(3)16-27(24)46-30)39(32(38)45)18-26-29(44-36-37(26)4)35-47(42,43)23-13-6-19(2)7-14-23/h6-16,25H,5,17-18H2,1-4H3,(H,33,40)/b35-29-. The zero-order valence-corrected chi connectivity index (χ0v) is 28.4. The molecule has 2 amide bonds. The smallest absolute Gasteiger partial charge is 0.289 e. The SMILES string of the molecule is CCN1C(=O)C(CC(=O)Nc2ccc(-c3nc4ccc(C)cc4s3)cc2)N(Cc2/c(=N/S(=O)(=O)c3ccc(C)cc3)o[n-][n+]2C)C1=S. The van der Waals surface area contributed by atoms with Crippen LogP contribution in [0, 0.1) is 13.8 Å². The second-order valence-corrected chi connectivity index (χ2v) is 14.2. The largest absolute Gasteiger partial charge is 0.486 e. The molecule has 2 aromatic heterocycles. The van der Waals surface area contributed by atoms with Crippen LogP contribution < -0.4 is 20.8 Å². The highest BCUT2D eigenvalue weighted by atomic mass is 32.2. The molecule has 3 heterocycles. The summed E-state index contributed by atoms with van der Waals surface area (Å²) < 4.78 is 37.7. The fourth-order valence-corrected chi connectivity index (χ4v) is 7.64. The van der Waals surface area contributed by atoms with Gasteiger partial charge in [-0.1, -0.05) is 23.8 Å². The first-order chi connectivity index (χ1) is 22.4. The number of thiazole rings is 1. The van der Waals surface area contributed by atoms with E-state index >= 15 is 0 Å². The Kier molecular flexibility index (Phi) is 8.78. The molecule has 15 heteroatoms. The molecule has 6 rings (SSSR count). The lowest BCUT2D eigenvalue weighted by atomic mass is 10.1. The van der Waals surface area contributed by atoms with Gasteiger partial charge in [-0.15, -0.1) is 15.7 Å². The van der Waals surface area contributed by atoms with E-state index in [-0.39, 0.29) is 46.0 Å². The Hall–Kier alpha value is -4.73. The lowest BCUT2D eigenvalue weighted by Crippen LogP contribution is -2.45. The van der Waals surface area contributed by atoms with Crippen LogP contribution in [0.15, 0.2) is 80.5 Å². The molecule has 47 heavy (non-hydrogen) atoms. The fraction of sp³-hybridized carbons (Fsp3) is 0.250. The summed E-state index contributed by atoms with van der Waals surface area (Å²) >= 11 is 7.24. The predicted octanol–water partition coefficient (Wildman–Crippen LogP) is 3.59. The first kappa shape index (κ1) is 32.2. The number of likely N-dealkylation sites (N-methyl/N-ethyl adjacent to an activating group) is 1. The average Bonchev–Trinajstić information content (AvgIpc) is 3.67. The fourth-order valence-electron chi connectivity index (χ4n) is 5.21. The number of aryl methyl sites for hydroxylation is 3. The first-order valence-corrected chi connectivity index (χ1v) is 17.4. The molecule has 0 radical (unpaired) electrons. The Morgan fingerprint density at radius 1 is 1.11 bits per heavy atom. The molecule has 0 spiro atoms. The monoisotopic (exact) mass is 689 g/mol. The van der Waals surface area contributed by atoms with Gasteiger partial charge in [-0.25, -0.2) is 9.67 Å². The van der Waals surface area contributed by atoms with Crippen LogP contribution in [-0.2, 0) is 33.2 Å². The minimum atomic E-state index is -4.13. The molecule has 0 aliphatic carbocycles. The third-order valence-corrected chi connectivity index (χ3v) is 10.6. The Balaban J connectivity index is 1.20. The van der Waals surface area contributed by atoms with E-state index in [2.05, 4.69) is 21.1 Å². The number of nitrogens with zero attached hydrogens (tertiary/aromatic N) is 6. The van der Waals surface area contributed by atoms with Gasteiger partial charge in [0.1, 0.15) is 24.6 Å². The molecule has 5 aromatic rings. The normalized spacial score (nSPS) is 15.7. The quantitative estimate of drug-likeness (QED) is 0.182. The molecule has 1 aliphatic rings. The number of thiocarbonyl (C=S) groups is 1. The molecule has 1 fully saturated rings. The topological polar surface area (TPSA) is 143 Å². The third-order valence-electron chi connectivity index (χ3n) is 7.79. The summed E-state index contributed by atoms with van der Waals surface area (Å²) in [5.41, 5.74) is 4.52. The van der Waals surface area contributed by atoms with Gasteiger partial charge in [0.05, 0.1) is 21.5 Å². The van der Waals surface area contributed by atoms with Gasteiger partial charge in [-0.3, -0.25) is 19.8 Å². The molecule has 1 atom stereocenters. The summed E-state index contributed by atoms with van der Waals surface area (Å²) in [5, 5.41) is 7.81. The molecule has 0 saturated carbocycles. The van der Waals surface area contributed by atoms with Gasteiger partial charge >= 0.3 is 0 Å². The molecule has 12 nitrogen and oxygen atoms in total. The highest BCUT2D eigenvalue weighted by Gasteiger charge is 2.44. The van der Waals surface area contributed by atoms with E-state index in [4.69, 9.17) is 21.7 Å². The number of fused-ring (bicyclic) bond motifs is 1. The van der Waals surface area contributed by atoms with Crippen LogP contribution in [0.1, 0.15) is 30.2 Å². The molecule has 0 bridgehead atoms. The van der Waals surface area contributed by atoms with Crippen molar-refractivity contribution in [2.45, 2.75) is 44.7 Å². The number of amides is 2. The number of hydrogen-bond acceptors (Lipinski definition) is 8. The van der Waals surface area contributed by atoms with Crippen molar-refractivity contribution in [1.29, 1.82) is 0 Å². The lowest BCUT2D eigenvalue weighted by Gasteiger charge is -2.22. The Labute approximate surface area is 280 Å². The van der Waals surface area contributed by atoms with Crippen molar-refractivity contribution < 1.29 is 27.2 Å². The number of benzene rings is 3. The number of hydrogen-bond donors (Lipinski definition) is 1.